The molecule has 0 bridgehead atoms. The fourth-order valence-electron chi connectivity index (χ4n) is 3.04. The Hall–Kier alpha value is -2.48. The largest absolute Gasteiger partial charge is 0.372 e. The summed E-state index contributed by atoms with van der Waals surface area (Å²) in [5, 5.41) is 0.875. The third-order valence-electron chi connectivity index (χ3n) is 4.17. The summed E-state index contributed by atoms with van der Waals surface area (Å²) in [5.74, 6) is 0.805. The van der Waals surface area contributed by atoms with Crippen molar-refractivity contribution in [2.75, 3.05) is 25.9 Å². The number of fused-ring (bicyclic) bond motifs is 2. The zero-order chi connectivity index (χ0) is 17.9. The van der Waals surface area contributed by atoms with E-state index < -0.39 is 0 Å². The monoisotopic (exact) mass is 366 g/mol. The predicted octanol–water partition coefficient (Wildman–Crippen LogP) is 3.81. The summed E-state index contributed by atoms with van der Waals surface area (Å²) in [4.78, 5) is 16.3. The van der Waals surface area contributed by atoms with Crippen LogP contribution in [-0.4, -0.2) is 35.9 Å². The Morgan fingerprint density at radius 1 is 1.08 bits per heavy atom. The SMILES string of the molecule is COCN1c2cc(C(OC)c3cccnc3)ccc2Sc2nccnc21. The van der Waals surface area contributed by atoms with Gasteiger partial charge in [-0.05, 0) is 23.8 Å². The molecule has 0 spiro atoms. The number of ether oxygens (including phenoxy) is 2. The molecule has 0 radical (unpaired) electrons. The van der Waals surface area contributed by atoms with Crippen LogP contribution in [0.3, 0.4) is 0 Å². The minimum atomic E-state index is -0.188. The standard InChI is InChI=1S/C19H18N4O2S/c1-24-12-23-15-10-13(17(25-2)14-4-3-7-20-11-14)5-6-16(15)26-19-18(23)21-8-9-22-19/h3-11,17H,12H2,1-2H3. The highest BCUT2D eigenvalue weighted by atomic mass is 32.2. The van der Waals surface area contributed by atoms with Crippen molar-refractivity contribution in [3.63, 3.8) is 0 Å². The van der Waals surface area contributed by atoms with E-state index in [9.17, 15) is 0 Å². The van der Waals surface area contributed by atoms with Gasteiger partial charge in [0.1, 0.15) is 17.9 Å². The first-order valence-electron chi connectivity index (χ1n) is 8.14. The number of hydrogen-bond donors (Lipinski definition) is 0. The topological polar surface area (TPSA) is 60.4 Å². The lowest BCUT2D eigenvalue weighted by atomic mass is 10.0. The minimum Gasteiger partial charge on any atom is -0.372 e. The third-order valence-corrected chi connectivity index (χ3v) is 5.21. The molecular weight excluding hydrogens is 348 g/mol. The fourth-order valence-corrected chi connectivity index (χ4v) is 4.03. The lowest BCUT2D eigenvalue weighted by molar-refractivity contribution is 0.136. The maximum absolute atomic E-state index is 5.75. The summed E-state index contributed by atoms with van der Waals surface area (Å²) in [6, 6.07) is 10.2. The molecule has 1 aromatic carbocycles. The highest BCUT2D eigenvalue weighted by Gasteiger charge is 2.27. The predicted molar refractivity (Wildman–Crippen MR) is 99.7 cm³/mol. The summed E-state index contributed by atoms with van der Waals surface area (Å²) < 4.78 is 11.2. The molecule has 1 aliphatic rings. The second-order valence-corrected chi connectivity index (χ2v) is 6.79. The van der Waals surface area contributed by atoms with E-state index >= 15 is 0 Å². The second kappa shape index (κ2) is 7.41. The fraction of sp³-hybridized carbons (Fsp3) is 0.211. The van der Waals surface area contributed by atoms with Crippen molar-refractivity contribution >= 4 is 23.3 Å². The number of aromatic nitrogens is 3. The van der Waals surface area contributed by atoms with Gasteiger partial charge < -0.3 is 9.47 Å². The molecule has 26 heavy (non-hydrogen) atoms. The molecular formula is C19H18N4O2S. The first kappa shape index (κ1) is 17.0. The molecule has 0 fully saturated rings. The summed E-state index contributed by atoms with van der Waals surface area (Å²) in [7, 11) is 3.38. The average molecular weight is 366 g/mol. The van der Waals surface area contributed by atoms with Gasteiger partial charge in [-0.2, -0.15) is 0 Å². The highest BCUT2D eigenvalue weighted by Crippen LogP contribution is 2.47. The van der Waals surface area contributed by atoms with Gasteiger partial charge in [0.05, 0.1) is 5.69 Å². The lowest BCUT2D eigenvalue weighted by Gasteiger charge is -2.31. The molecule has 2 aromatic heterocycles. The smallest absolute Gasteiger partial charge is 0.168 e. The zero-order valence-corrected chi connectivity index (χ0v) is 15.3. The zero-order valence-electron chi connectivity index (χ0n) is 14.5. The second-order valence-electron chi connectivity index (χ2n) is 5.76. The van der Waals surface area contributed by atoms with E-state index in [1.807, 2.05) is 23.2 Å². The van der Waals surface area contributed by atoms with E-state index in [1.54, 1.807) is 44.6 Å². The van der Waals surface area contributed by atoms with Gasteiger partial charge in [0.2, 0.25) is 0 Å². The van der Waals surface area contributed by atoms with Crippen LogP contribution in [0.25, 0.3) is 0 Å². The lowest BCUT2D eigenvalue weighted by Crippen LogP contribution is -2.25. The molecule has 3 heterocycles. The molecule has 0 aliphatic carbocycles. The number of methoxy groups -OCH3 is 2. The van der Waals surface area contributed by atoms with Crippen molar-refractivity contribution in [2.24, 2.45) is 0 Å². The van der Waals surface area contributed by atoms with E-state index in [4.69, 9.17) is 9.47 Å². The molecule has 1 aliphatic heterocycles. The van der Waals surface area contributed by atoms with Gasteiger partial charge in [0.25, 0.3) is 0 Å². The van der Waals surface area contributed by atoms with Crippen LogP contribution in [0.5, 0.6) is 0 Å². The average Bonchev–Trinajstić information content (AvgIpc) is 2.69. The molecule has 6 nitrogen and oxygen atoms in total. The van der Waals surface area contributed by atoms with E-state index in [2.05, 4.69) is 33.2 Å². The Morgan fingerprint density at radius 3 is 2.73 bits per heavy atom. The normalized spacial score (nSPS) is 13.8. The van der Waals surface area contributed by atoms with Gasteiger partial charge in [-0.3, -0.25) is 9.88 Å². The van der Waals surface area contributed by atoms with Crippen LogP contribution in [0.4, 0.5) is 11.5 Å². The molecule has 0 saturated carbocycles. The number of pyridine rings is 1. The van der Waals surface area contributed by atoms with Crippen LogP contribution in [0.2, 0.25) is 0 Å². The van der Waals surface area contributed by atoms with Crippen LogP contribution in [0, 0.1) is 0 Å². The quantitative estimate of drug-likeness (QED) is 0.680. The molecule has 1 unspecified atom stereocenters. The van der Waals surface area contributed by atoms with Crippen LogP contribution in [0.15, 0.2) is 65.0 Å². The Labute approximate surface area is 156 Å². The van der Waals surface area contributed by atoms with Crippen LogP contribution < -0.4 is 4.90 Å². The number of anilines is 2. The molecule has 3 aromatic rings. The molecule has 0 saturated heterocycles. The van der Waals surface area contributed by atoms with Gasteiger partial charge in [0, 0.05) is 49.5 Å². The van der Waals surface area contributed by atoms with Crippen molar-refractivity contribution in [3.8, 4) is 0 Å². The number of nitrogens with zero attached hydrogens (tertiary/aromatic N) is 4. The van der Waals surface area contributed by atoms with Crippen molar-refractivity contribution in [2.45, 2.75) is 16.0 Å². The molecule has 0 amide bonds. The van der Waals surface area contributed by atoms with E-state index in [0.717, 1.165) is 32.6 Å². The first-order valence-corrected chi connectivity index (χ1v) is 8.95. The van der Waals surface area contributed by atoms with E-state index in [1.165, 1.54) is 0 Å². The van der Waals surface area contributed by atoms with Gasteiger partial charge in [-0.25, -0.2) is 9.97 Å². The molecule has 0 N–H and O–H groups in total. The Kier molecular flexibility index (Phi) is 4.83. The summed E-state index contributed by atoms with van der Waals surface area (Å²) in [5.41, 5.74) is 3.10. The van der Waals surface area contributed by atoms with Crippen LogP contribution in [0.1, 0.15) is 17.2 Å². The first-order chi connectivity index (χ1) is 12.8. The Morgan fingerprint density at radius 2 is 1.96 bits per heavy atom. The van der Waals surface area contributed by atoms with Gasteiger partial charge in [0.15, 0.2) is 5.82 Å². The van der Waals surface area contributed by atoms with E-state index in [-0.39, 0.29) is 6.10 Å². The van der Waals surface area contributed by atoms with Crippen molar-refractivity contribution < 1.29 is 9.47 Å². The number of rotatable bonds is 5. The number of benzene rings is 1. The van der Waals surface area contributed by atoms with Crippen molar-refractivity contribution in [1.82, 2.24) is 15.0 Å². The summed E-state index contributed by atoms with van der Waals surface area (Å²) in [6.07, 6.45) is 6.81. The third kappa shape index (κ3) is 3.05. The summed E-state index contributed by atoms with van der Waals surface area (Å²) >= 11 is 1.61. The van der Waals surface area contributed by atoms with E-state index in [0.29, 0.717) is 6.73 Å². The molecule has 4 rings (SSSR count). The van der Waals surface area contributed by atoms with Gasteiger partial charge in [-0.15, -0.1) is 0 Å². The summed E-state index contributed by atoms with van der Waals surface area (Å²) in [6.45, 7) is 0.396. The van der Waals surface area contributed by atoms with Crippen molar-refractivity contribution in [3.05, 3.63) is 66.2 Å². The van der Waals surface area contributed by atoms with Crippen LogP contribution in [-0.2, 0) is 9.47 Å². The maximum Gasteiger partial charge on any atom is 0.168 e. The van der Waals surface area contributed by atoms with Crippen LogP contribution >= 0.6 is 11.8 Å². The maximum atomic E-state index is 5.75. The minimum absolute atomic E-state index is 0.188. The Bertz CT molecular complexity index is 907. The van der Waals surface area contributed by atoms with Crippen molar-refractivity contribution in [1.29, 1.82) is 0 Å². The highest BCUT2D eigenvalue weighted by molar-refractivity contribution is 7.99. The molecule has 7 heteroatoms. The number of hydrogen-bond acceptors (Lipinski definition) is 7. The van der Waals surface area contributed by atoms with Gasteiger partial charge >= 0.3 is 0 Å². The van der Waals surface area contributed by atoms with Gasteiger partial charge in [-0.1, -0.05) is 23.9 Å². The molecule has 1 atom stereocenters. The molecule has 132 valence electrons. The Balaban J connectivity index is 1.78.